The van der Waals surface area contributed by atoms with E-state index in [4.69, 9.17) is 0 Å². The molecule has 1 saturated heterocycles. The van der Waals surface area contributed by atoms with Crippen LogP contribution in [-0.2, 0) is 0 Å². The van der Waals surface area contributed by atoms with Crippen molar-refractivity contribution in [1.29, 1.82) is 0 Å². The summed E-state index contributed by atoms with van der Waals surface area (Å²) < 4.78 is 0.919. The molecule has 2 rings (SSSR count). The van der Waals surface area contributed by atoms with Crippen molar-refractivity contribution in [2.24, 2.45) is 0 Å². The van der Waals surface area contributed by atoms with Gasteiger partial charge in [-0.25, -0.2) is 4.98 Å². The van der Waals surface area contributed by atoms with Gasteiger partial charge < -0.3 is 5.32 Å². The molecular weight excluding hydrogens is 325 g/mol. The Bertz CT molecular complexity index is 332. The Morgan fingerprint density at radius 2 is 2.00 bits per heavy atom. The van der Waals surface area contributed by atoms with Gasteiger partial charge in [-0.05, 0) is 40.5 Å². The molecule has 0 aliphatic carbocycles. The molecule has 1 aliphatic heterocycles. The Hall–Kier alpha value is 0.130. The Morgan fingerprint density at radius 1 is 1.35 bits per heavy atom. The number of nitrogens with one attached hydrogen (secondary N) is 1. The predicted octanol–water partition coefficient (Wildman–Crippen LogP) is 2.65. The molecule has 0 radical (unpaired) electrons. The predicted molar refractivity (Wildman–Crippen MR) is 79.3 cm³/mol. The molecule has 0 bridgehead atoms. The molecular formula is C11H18BrCl2N3. The molecule has 1 aliphatic rings. The normalized spacial score (nSPS) is 17.8. The number of nitrogens with zero attached hydrogens (tertiary/aromatic N) is 2. The van der Waals surface area contributed by atoms with Crippen LogP contribution in [0.4, 0.5) is 0 Å². The zero-order chi connectivity index (χ0) is 10.7. The topological polar surface area (TPSA) is 28.2 Å². The number of aromatic nitrogens is 1. The van der Waals surface area contributed by atoms with Gasteiger partial charge in [0.2, 0.25) is 0 Å². The molecule has 6 heteroatoms. The van der Waals surface area contributed by atoms with Crippen LogP contribution >= 0.6 is 40.7 Å². The summed E-state index contributed by atoms with van der Waals surface area (Å²) in [6, 6.07) is 4.68. The minimum atomic E-state index is 0. The standard InChI is InChI=1S/C11H16BrN3.2ClH/c1-9(15-6-4-13-5-7-15)10-2-3-14-11(12)8-10;;/h2-3,8-9,13H,4-7H2,1H3;2*1H/t9-;;/m1../s1. The third-order valence-electron chi connectivity index (χ3n) is 2.93. The number of halogens is 3. The number of rotatable bonds is 2. The minimum absolute atomic E-state index is 0. The molecule has 0 aromatic carbocycles. The van der Waals surface area contributed by atoms with Crippen molar-refractivity contribution in [3.8, 4) is 0 Å². The number of pyridine rings is 1. The van der Waals surface area contributed by atoms with E-state index in [0.29, 0.717) is 6.04 Å². The molecule has 17 heavy (non-hydrogen) atoms. The Kier molecular flexibility index (Phi) is 8.33. The summed E-state index contributed by atoms with van der Waals surface area (Å²) in [5, 5.41) is 3.37. The lowest BCUT2D eigenvalue weighted by Gasteiger charge is -2.33. The van der Waals surface area contributed by atoms with E-state index < -0.39 is 0 Å². The van der Waals surface area contributed by atoms with Crippen LogP contribution in [0.5, 0.6) is 0 Å². The molecule has 1 aromatic heterocycles. The second-order valence-electron chi connectivity index (χ2n) is 3.87. The van der Waals surface area contributed by atoms with Crippen LogP contribution in [0.2, 0.25) is 0 Å². The zero-order valence-corrected chi connectivity index (χ0v) is 12.9. The Morgan fingerprint density at radius 3 is 2.59 bits per heavy atom. The maximum Gasteiger partial charge on any atom is 0.106 e. The van der Waals surface area contributed by atoms with Crippen molar-refractivity contribution in [1.82, 2.24) is 15.2 Å². The molecule has 0 unspecified atom stereocenters. The van der Waals surface area contributed by atoms with Gasteiger partial charge in [0.25, 0.3) is 0 Å². The monoisotopic (exact) mass is 341 g/mol. The fourth-order valence-electron chi connectivity index (χ4n) is 1.96. The van der Waals surface area contributed by atoms with Crippen molar-refractivity contribution in [3.05, 3.63) is 28.5 Å². The highest BCUT2D eigenvalue weighted by Crippen LogP contribution is 2.21. The van der Waals surface area contributed by atoms with E-state index in [1.54, 1.807) is 0 Å². The van der Waals surface area contributed by atoms with Crippen LogP contribution < -0.4 is 5.32 Å². The van der Waals surface area contributed by atoms with Crippen LogP contribution in [0, 0.1) is 0 Å². The molecule has 1 N–H and O–H groups in total. The summed E-state index contributed by atoms with van der Waals surface area (Å²) in [6.07, 6.45) is 1.86. The van der Waals surface area contributed by atoms with Crippen LogP contribution in [0.25, 0.3) is 0 Å². The van der Waals surface area contributed by atoms with Crippen molar-refractivity contribution in [2.45, 2.75) is 13.0 Å². The van der Waals surface area contributed by atoms with Gasteiger partial charge >= 0.3 is 0 Å². The summed E-state index contributed by atoms with van der Waals surface area (Å²) in [7, 11) is 0. The van der Waals surface area contributed by atoms with Crippen LogP contribution in [0.1, 0.15) is 18.5 Å². The average molecular weight is 343 g/mol. The quantitative estimate of drug-likeness (QED) is 0.837. The van der Waals surface area contributed by atoms with Gasteiger partial charge in [-0.2, -0.15) is 0 Å². The molecule has 0 saturated carbocycles. The van der Waals surface area contributed by atoms with E-state index in [0.717, 1.165) is 30.8 Å². The van der Waals surface area contributed by atoms with Gasteiger partial charge in [0, 0.05) is 38.4 Å². The Labute approximate surface area is 123 Å². The second kappa shape index (κ2) is 8.27. The molecule has 1 aromatic rings. The fourth-order valence-corrected chi connectivity index (χ4v) is 2.34. The summed E-state index contributed by atoms with van der Waals surface area (Å²) in [4.78, 5) is 6.65. The van der Waals surface area contributed by atoms with Crippen LogP contribution in [-0.4, -0.2) is 36.1 Å². The van der Waals surface area contributed by atoms with E-state index in [1.165, 1.54) is 5.56 Å². The summed E-state index contributed by atoms with van der Waals surface area (Å²) in [5.74, 6) is 0. The van der Waals surface area contributed by atoms with Crippen LogP contribution in [0.15, 0.2) is 22.9 Å². The van der Waals surface area contributed by atoms with Crippen molar-refractivity contribution in [3.63, 3.8) is 0 Å². The average Bonchev–Trinajstić information content (AvgIpc) is 2.29. The maximum absolute atomic E-state index is 4.15. The van der Waals surface area contributed by atoms with Gasteiger partial charge in [0.15, 0.2) is 0 Å². The molecule has 0 amide bonds. The number of hydrogen-bond acceptors (Lipinski definition) is 3. The molecule has 1 fully saturated rings. The lowest BCUT2D eigenvalue weighted by atomic mass is 10.1. The molecule has 98 valence electrons. The largest absolute Gasteiger partial charge is 0.314 e. The Balaban J connectivity index is 0.00000128. The first-order chi connectivity index (χ1) is 7.27. The number of hydrogen-bond donors (Lipinski definition) is 1. The van der Waals surface area contributed by atoms with E-state index in [9.17, 15) is 0 Å². The third-order valence-corrected chi connectivity index (χ3v) is 3.37. The van der Waals surface area contributed by atoms with E-state index in [-0.39, 0.29) is 24.8 Å². The molecule has 3 nitrogen and oxygen atoms in total. The zero-order valence-electron chi connectivity index (χ0n) is 9.73. The van der Waals surface area contributed by atoms with Crippen molar-refractivity contribution >= 4 is 40.7 Å². The van der Waals surface area contributed by atoms with E-state index in [1.807, 2.05) is 6.20 Å². The summed E-state index contributed by atoms with van der Waals surface area (Å²) in [6.45, 7) is 6.70. The molecule has 2 heterocycles. The van der Waals surface area contributed by atoms with Crippen molar-refractivity contribution < 1.29 is 0 Å². The van der Waals surface area contributed by atoms with Crippen molar-refractivity contribution in [2.75, 3.05) is 26.2 Å². The highest BCUT2D eigenvalue weighted by atomic mass is 79.9. The van der Waals surface area contributed by atoms with Gasteiger partial charge in [0.05, 0.1) is 0 Å². The van der Waals surface area contributed by atoms with Gasteiger partial charge in [-0.15, -0.1) is 24.8 Å². The van der Waals surface area contributed by atoms with E-state index in [2.05, 4.69) is 50.2 Å². The minimum Gasteiger partial charge on any atom is -0.314 e. The lowest BCUT2D eigenvalue weighted by Crippen LogP contribution is -2.44. The van der Waals surface area contributed by atoms with E-state index >= 15 is 0 Å². The summed E-state index contributed by atoms with van der Waals surface area (Å²) >= 11 is 3.41. The van der Waals surface area contributed by atoms with Crippen LogP contribution in [0.3, 0.4) is 0 Å². The molecule has 0 spiro atoms. The number of piperazine rings is 1. The first-order valence-corrected chi connectivity index (χ1v) is 6.13. The molecule has 1 atom stereocenters. The first-order valence-electron chi connectivity index (χ1n) is 5.33. The third kappa shape index (κ3) is 4.72. The highest BCUT2D eigenvalue weighted by molar-refractivity contribution is 9.10. The lowest BCUT2D eigenvalue weighted by molar-refractivity contribution is 0.185. The highest BCUT2D eigenvalue weighted by Gasteiger charge is 2.17. The second-order valence-corrected chi connectivity index (χ2v) is 4.69. The SMILES string of the molecule is C[C@H](c1ccnc(Br)c1)N1CCNCC1.Cl.Cl. The smallest absolute Gasteiger partial charge is 0.106 e. The van der Waals surface area contributed by atoms with Gasteiger partial charge in [-0.3, -0.25) is 4.90 Å². The summed E-state index contributed by atoms with van der Waals surface area (Å²) in [5.41, 5.74) is 1.33. The maximum atomic E-state index is 4.15. The first kappa shape index (κ1) is 17.1. The van der Waals surface area contributed by atoms with Gasteiger partial charge in [-0.1, -0.05) is 0 Å². The van der Waals surface area contributed by atoms with Gasteiger partial charge in [0.1, 0.15) is 4.60 Å². The fraction of sp³-hybridized carbons (Fsp3) is 0.545.